The standard InChI is InChI=1S/C20H34N6S/c1-2-21-19(23-16-8-13-25(14-9-16)18-5-6-18)22-10-7-17-15-27-20(24-17)26-11-3-4-12-26/h15-16,18H,2-14H2,1H3,(H2,21,22,23). The maximum atomic E-state index is 4.81. The Morgan fingerprint density at radius 2 is 1.96 bits per heavy atom. The molecule has 0 radical (unpaired) electrons. The zero-order chi connectivity index (χ0) is 18.5. The lowest BCUT2D eigenvalue weighted by atomic mass is 10.1. The van der Waals surface area contributed by atoms with Crippen molar-refractivity contribution in [3.63, 3.8) is 0 Å². The van der Waals surface area contributed by atoms with Crippen LogP contribution in [0.2, 0.25) is 0 Å². The molecule has 4 rings (SSSR count). The van der Waals surface area contributed by atoms with E-state index in [1.807, 2.05) is 0 Å². The van der Waals surface area contributed by atoms with E-state index in [0.29, 0.717) is 6.04 Å². The molecule has 1 saturated carbocycles. The fourth-order valence-electron chi connectivity index (χ4n) is 4.11. The highest BCUT2D eigenvalue weighted by molar-refractivity contribution is 7.13. The first kappa shape index (κ1) is 19.0. The van der Waals surface area contributed by atoms with E-state index in [0.717, 1.165) is 31.5 Å². The molecule has 2 N–H and O–H groups in total. The van der Waals surface area contributed by atoms with Crippen molar-refractivity contribution in [2.45, 2.75) is 64.0 Å². The number of hydrogen-bond donors (Lipinski definition) is 2. The number of rotatable bonds is 7. The first-order chi connectivity index (χ1) is 13.3. The number of hydrogen-bond acceptors (Lipinski definition) is 5. The Labute approximate surface area is 167 Å². The quantitative estimate of drug-likeness (QED) is 0.553. The number of thiazole rings is 1. The number of nitrogens with zero attached hydrogens (tertiary/aromatic N) is 4. The van der Waals surface area contributed by atoms with Gasteiger partial charge < -0.3 is 20.4 Å². The van der Waals surface area contributed by atoms with Gasteiger partial charge in [-0.25, -0.2) is 4.98 Å². The number of anilines is 1. The SMILES string of the molecule is CCNC(=NCCc1csc(N2CCCC2)n1)NC1CCN(C2CC2)CC1. The van der Waals surface area contributed by atoms with Gasteiger partial charge in [-0.2, -0.15) is 0 Å². The van der Waals surface area contributed by atoms with Crippen LogP contribution in [-0.4, -0.2) is 67.2 Å². The molecule has 150 valence electrons. The lowest BCUT2D eigenvalue weighted by molar-refractivity contribution is 0.197. The number of piperidine rings is 1. The summed E-state index contributed by atoms with van der Waals surface area (Å²) in [5, 5.41) is 10.5. The van der Waals surface area contributed by atoms with E-state index < -0.39 is 0 Å². The summed E-state index contributed by atoms with van der Waals surface area (Å²) >= 11 is 1.78. The summed E-state index contributed by atoms with van der Waals surface area (Å²) in [4.78, 5) is 14.7. The van der Waals surface area contributed by atoms with Crippen LogP contribution in [0.5, 0.6) is 0 Å². The average Bonchev–Trinajstić information content (AvgIpc) is 3.17. The maximum absolute atomic E-state index is 4.81. The van der Waals surface area contributed by atoms with E-state index in [4.69, 9.17) is 9.98 Å². The highest BCUT2D eigenvalue weighted by atomic mass is 32.1. The van der Waals surface area contributed by atoms with Crippen molar-refractivity contribution >= 4 is 22.4 Å². The molecule has 6 nitrogen and oxygen atoms in total. The van der Waals surface area contributed by atoms with Crippen molar-refractivity contribution in [3.05, 3.63) is 11.1 Å². The zero-order valence-corrected chi connectivity index (χ0v) is 17.4. The third kappa shape index (κ3) is 5.35. The monoisotopic (exact) mass is 390 g/mol. The second kappa shape index (κ2) is 9.24. The molecular formula is C20H34N6S. The number of likely N-dealkylation sites (tertiary alicyclic amines) is 1. The summed E-state index contributed by atoms with van der Waals surface area (Å²) in [5.74, 6) is 0.970. The molecule has 3 aliphatic rings. The van der Waals surface area contributed by atoms with Crippen LogP contribution in [0.4, 0.5) is 5.13 Å². The normalized spacial score (nSPS) is 22.4. The summed E-state index contributed by atoms with van der Waals surface area (Å²) in [6.07, 6.45) is 8.81. The van der Waals surface area contributed by atoms with E-state index in [1.165, 1.54) is 75.5 Å². The molecule has 27 heavy (non-hydrogen) atoms. The molecule has 0 spiro atoms. The Balaban J connectivity index is 1.23. The lowest BCUT2D eigenvalue weighted by Gasteiger charge is -2.33. The summed E-state index contributed by atoms with van der Waals surface area (Å²) in [6, 6.07) is 1.45. The summed E-state index contributed by atoms with van der Waals surface area (Å²) in [7, 11) is 0. The van der Waals surface area contributed by atoms with Crippen LogP contribution in [0.15, 0.2) is 10.4 Å². The van der Waals surface area contributed by atoms with E-state index >= 15 is 0 Å². The topological polar surface area (TPSA) is 55.8 Å². The lowest BCUT2D eigenvalue weighted by Crippen LogP contribution is -2.49. The maximum Gasteiger partial charge on any atom is 0.191 e. The molecule has 0 aromatic carbocycles. The van der Waals surface area contributed by atoms with E-state index in [2.05, 4.69) is 32.7 Å². The van der Waals surface area contributed by atoms with Crippen LogP contribution in [0.1, 0.15) is 51.1 Å². The third-order valence-corrected chi connectivity index (χ3v) is 6.78. The van der Waals surface area contributed by atoms with Gasteiger partial charge in [0.15, 0.2) is 11.1 Å². The van der Waals surface area contributed by atoms with Gasteiger partial charge in [0, 0.05) is 63.2 Å². The molecule has 1 aliphatic carbocycles. The van der Waals surface area contributed by atoms with Crippen LogP contribution < -0.4 is 15.5 Å². The molecule has 7 heteroatoms. The summed E-state index contributed by atoms with van der Waals surface area (Å²) in [6.45, 7) is 8.63. The second-order valence-electron chi connectivity index (χ2n) is 8.01. The molecule has 1 aromatic heterocycles. The number of nitrogens with one attached hydrogen (secondary N) is 2. The number of aromatic nitrogens is 1. The second-order valence-corrected chi connectivity index (χ2v) is 8.85. The van der Waals surface area contributed by atoms with Crippen LogP contribution in [0, 0.1) is 0 Å². The van der Waals surface area contributed by atoms with Gasteiger partial charge in [0.2, 0.25) is 0 Å². The van der Waals surface area contributed by atoms with Gasteiger partial charge in [-0.1, -0.05) is 0 Å². The van der Waals surface area contributed by atoms with Crippen molar-refractivity contribution in [3.8, 4) is 0 Å². The van der Waals surface area contributed by atoms with Gasteiger partial charge in [0.05, 0.1) is 5.69 Å². The van der Waals surface area contributed by atoms with E-state index in [1.54, 1.807) is 11.3 Å². The fraction of sp³-hybridized carbons (Fsp3) is 0.800. The molecule has 3 heterocycles. The van der Waals surface area contributed by atoms with Crippen molar-refractivity contribution in [1.29, 1.82) is 0 Å². The average molecular weight is 391 g/mol. The molecule has 0 unspecified atom stereocenters. The highest BCUT2D eigenvalue weighted by Gasteiger charge is 2.31. The van der Waals surface area contributed by atoms with Crippen LogP contribution in [0.3, 0.4) is 0 Å². The number of guanidine groups is 1. The largest absolute Gasteiger partial charge is 0.357 e. The van der Waals surface area contributed by atoms with Crippen LogP contribution >= 0.6 is 11.3 Å². The van der Waals surface area contributed by atoms with Crippen molar-refractivity contribution in [2.75, 3.05) is 44.2 Å². The Kier molecular flexibility index (Phi) is 6.50. The van der Waals surface area contributed by atoms with E-state index in [9.17, 15) is 0 Å². The fourth-order valence-corrected chi connectivity index (χ4v) is 5.02. The van der Waals surface area contributed by atoms with Crippen molar-refractivity contribution < 1.29 is 0 Å². The Morgan fingerprint density at radius 1 is 1.19 bits per heavy atom. The van der Waals surface area contributed by atoms with E-state index in [-0.39, 0.29) is 0 Å². The summed E-state index contributed by atoms with van der Waals surface area (Å²) in [5.41, 5.74) is 1.18. The third-order valence-electron chi connectivity index (χ3n) is 5.83. The Morgan fingerprint density at radius 3 is 2.67 bits per heavy atom. The Bertz CT molecular complexity index is 612. The number of aliphatic imine (C=N–C) groups is 1. The molecule has 3 fully saturated rings. The van der Waals surface area contributed by atoms with Crippen molar-refractivity contribution in [2.24, 2.45) is 4.99 Å². The first-order valence-corrected chi connectivity index (χ1v) is 11.7. The van der Waals surface area contributed by atoms with Gasteiger partial charge in [-0.15, -0.1) is 11.3 Å². The predicted octanol–water partition coefficient (Wildman–Crippen LogP) is 2.47. The zero-order valence-electron chi connectivity index (χ0n) is 16.6. The minimum Gasteiger partial charge on any atom is -0.357 e. The van der Waals surface area contributed by atoms with Gasteiger partial charge in [0.25, 0.3) is 0 Å². The van der Waals surface area contributed by atoms with Gasteiger partial charge in [-0.3, -0.25) is 4.99 Å². The smallest absolute Gasteiger partial charge is 0.191 e. The minimum atomic E-state index is 0.554. The molecular weight excluding hydrogens is 356 g/mol. The van der Waals surface area contributed by atoms with Gasteiger partial charge >= 0.3 is 0 Å². The van der Waals surface area contributed by atoms with Crippen LogP contribution in [-0.2, 0) is 6.42 Å². The molecule has 2 saturated heterocycles. The van der Waals surface area contributed by atoms with Gasteiger partial charge in [-0.05, 0) is 45.4 Å². The minimum absolute atomic E-state index is 0.554. The summed E-state index contributed by atoms with van der Waals surface area (Å²) < 4.78 is 0. The van der Waals surface area contributed by atoms with Crippen molar-refractivity contribution in [1.82, 2.24) is 20.5 Å². The Hall–Kier alpha value is -1.34. The van der Waals surface area contributed by atoms with Gasteiger partial charge in [0.1, 0.15) is 0 Å². The highest BCUT2D eigenvalue weighted by Crippen LogP contribution is 2.29. The van der Waals surface area contributed by atoms with Crippen LogP contribution in [0.25, 0.3) is 0 Å². The molecule has 2 aliphatic heterocycles. The molecule has 0 amide bonds. The molecule has 0 bridgehead atoms. The molecule has 1 aromatic rings. The first-order valence-electron chi connectivity index (χ1n) is 10.8. The predicted molar refractivity (Wildman–Crippen MR) is 114 cm³/mol. The molecule has 0 atom stereocenters.